The Morgan fingerprint density at radius 2 is 1.20 bits per heavy atom. The van der Waals surface area contributed by atoms with E-state index >= 15 is 0 Å². The maximum Gasteiger partial charge on any atom is 0.459 e. The number of rotatable bonds is 8. The maximum absolute atomic E-state index is 13.5. The Kier molecular flexibility index (Phi) is 8.39. The summed E-state index contributed by atoms with van der Waals surface area (Å²) in [4.78, 5) is 2.79. The van der Waals surface area contributed by atoms with Gasteiger partial charge in [-0.05, 0) is 118 Å². The van der Waals surface area contributed by atoms with Crippen molar-refractivity contribution in [1.82, 2.24) is 4.83 Å². The van der Waals surface area contributed by atoms with Crippen LogP contribution in [0.1, 0.15) is 90.5 Å². The molecule has 0 amide bonds. The first-order chi connectivity index (χ1) is 20.6. The molecule has 1 aliphatic carbocycles. The Hall–Kier alpha value is -2.37. The molecule has 45 heavy (non-hydrogen) atoms. The van der Waals surface area contributed by atoms with E-state index < -0.39 is 57.8 Å². The Morgan fingerprint density at radius 1 is 0.778 bits per heavy atom. The first-order valence-corrected chi connectivity index (χ1v) is 17.1. The summed E-state index contributed by atoms with van der Waals surface area (Å²) in [6.45, 7) is 21.8. The lowest BCUT2D eigenvalue weighted by Crippen LogP contribution is -2.57. The molecule has 2 aromatic carbocycles. The summed E-state index contributed by atoms with van der Waals surface area (Å²) in [5, 5.41) is 4.48. The third kappa shape index (κ3) is 5.86. The summed E-state index contributed by atoms with van der Waals surface area (Å²) in [5.74, 6) is 0.738. The van der Waals surface area contributed by atoms with Gasteiger partial charge in [0.1, 0.15) is 5.75 Å². The molecule has 0 aromatic heterocycles. The van der Waals surface area contributed by atoms with Crippen LogP contribution in [-0.4, -0.2) is 57.9 Å². The fourth-order valence-electron chi connectivity index (χ4n) is 6.79. The average Bonchev–Trinajstić information content (AvgIpc) is 3.22. The highest BCUT2D eigenvalue weighted by atomic mass is 32.2. The molecule has 3 fully saturated rings. The molecule has 2 saturated heterocycles. The summed E-state index contributed by atoms with van der Waals surface area (Å²) in [6.07, 6.45) is 0.902. The topological polar surface area (TPSA) is 105 Å². The van der Waals surface area contributed by atoms with Crippen molar-refractivity contribution in [3.63, 3.8) is 0 Å². The normalized spacial score (nSPS) is 25.0. The fourth-order valence-corrected chi connectivity index (χ4v) is 8.10. The van der Waals surface area contributed by atoms with Gasteiger partial charge in [0, 0.05) is 16.8 Å². The maximum atomic E-state index is 13.5. The van der Waals surface area contributed by atoms with Crippen LogP contribution < -0.4 is 9.57 Å². The number of sulfonamides is 1. The average molecular weight is 638 g/mol. The number of hydrogen-bond donors (Lipinski definition) is 1. The van der Waals surface area contributed by atoms with Crippen molar-refractivity contribution in [2.45, 2.75) is 127 Å². The first kappa shape index (κ1) is 34.0. The molecule has 1 saturated carbocycles. The van der Waals surface area contributed by atoms with E-state index in [4.69, 9.17) is 23.4 Å². The minimum absolute atomic E-state index is 0.255. The Bertz CT molecular complexity index is 1500. The highest BCUT2D eigenvalue weighted by Gasteiger charge is 2.69. The third-order valence-electron chi connectivity index (χ3n) is 10.7. The smallest absolute Gasteiger partial charge is 0.459 e. The van der Waals surface area contributed by atoms with Crippen LogP contribution in [-0.2, 0) is 34.1 Å². The van der Waals surface area contributed by atoms with E-state index in [0.29, 0.717) is 24.0 Å². The predicted octanol–water partition coefficient (Wildman–Crippen LogP) is 6.08. The molecule has 2 heterocycles. The van der Waals surface area contributed by atoms with Crippen LogP contribution >= 0.6 is 0 Å². The lowest BCUT2D eigenvalue weighted by molar-refractivity contribution is 0.00578. The van der Waals surface area contributed by atoms with Crippen LogP contribution in [0.4, 0.5) is 0 Å². The van der Waals surface area contributed by atoms with Gasteiger partial charge in [0.25, 0.3) is 10.0 Å². The van der Waals surface area contributed by atoms with E-state index in [1.54, 1.807) is 21.0 Å². The fraction of sp³-hybridized carbons (Fsp3) is 0.606. The van der Waals surface area contributed by atoms with Crippen LogP contribution in [0.25, 0.3) is 0 Å². The van der Waals surface area contributed by atoms with Gasteiger partial charge in [0.15, 0.2) is 0 Å². The van der Waals surface area contributed by atoms with Crippen molar-refractivity contribution in [1.29, 1.82) is 0 Å². The number of ether oxygens (including phenoxy) is 1. The number of hydrazone groups is 1. The Morgan fingerprint density at radius 3 is 1.60 bits per heavy atom. The van der Waals surface area contributed by atoms with Crippen LogP contribution in [0.15, 0.2) is 46.4 Å². The molecular formula is C33H48B2N2O7S. The van der Waals surface area contributed by atoms with Gasteiger partial charge in [-0.15, -0.1) is 0 Å². The second kappa shape index (κ2) is 11.1. The standard InChI is InChI=1S/C33H48B2N2O7S/c1-21-17-22(2)27(23(3)18-21)45(38,39)37-36-25-19-33(20-25,24-13-15-26(40-12)16-14-24)28(34-41-29(4,5)30(6,7)42-34)35-43-31(8,9)32(10,11)44-35/h13-18,28,37H,19-20H2,1-12H3. The van der Waals surface area contributed by atoms with E-state index in [1.165, 1.54) is 0 Å². The molecule has 0 atom stereocenters. The Labute approximate surface area is 270 Å². The van der Waals surface area contributed by atoms with Gasteiger partial charge >= 0.3 is 14.2 Å². The van der Waals surface area contributed by atoms with Crippen LogP contribution in [0.5, 0.6) is 5.75 Å². The van der Waals surface area contributed by atoms with Crippen molar-refractivity contribution in [3.8, 4) is 5.75 Å². The molecule has 244 valence electrons. The lowest BCUT2D eigenvalue weighted by Gasteiger charge is -2.49. The number of benzene rings is 2. The number of methoxy groups -OCH3 is 1. The summed E-state index contributed by atoms with van der Waals surface area (Å²) in [6, 6.07) is 11.7. The predicted molar refractivity (Wildman–Crippen MR) is 178 cm³/mol. The molecule has 12 heteroatoms. The second-order valence-electron chi connectivity index (χ2n) is 15.0. The van der Waals surface area contributed by atoms with Crippen molar-refractivity contribution < 1.29 is 31.8 Å². The van der Waals surface area contributed by atoms with Gasteiger partial charge in [-0.2, -0.15) is 13.5 Å². The summed E-state index contributed by atoms with van der Waals surface area (Å²) in [5.41, 5.74) is 0.767. The number of nitrogens with zero attached hydrogens (tertiary/aromatic N) is 1. The van der Waals surface area contributed by atoms with E-state index in [-0.39, 0.29) is 4.90 Å². The Balaban J connectivity index is 1.56. The largest absolute Gasteiger partial charge is 0.497 e. The SMILES string of the molecule is COc1ccc(C2(C(B3OC(C)(C)C(C)(C)O3)B3OC(C)(C)C(C)(C)O3)CC(=NNS(=O)(=O)c3c(C)cc(C)cc3C)C2)cc1. The van der Waals surface area contributed by atoms with Crippen molar-refractivity contribution in [2.75, 3.05) is 7.11 Å². The van der Waals surface area contributed by atoms with Crippen LogP contribution in [0.2, 0.25) is 5.72 Å². The van der Waals surface area contributed by atoms with Crippen LogP contribution in [0, 0.1) is 20.8 Å². The van der Waals surface area contributed by atoms with E-state index in [1.807, 2.05) is 98.7 Å². The monoisotopic (exact) mass is 638 g/mol. The molecule has 9 nitrogen and oxygen atoms in total. The molecule has 0 unspecified atom stereocenters. The van der Waals surface area contributed by atoms with E-state index in [2.05, 4.69) is 9.93 Å². The van der Waals surface area contributed by atoms with E-state index in [0.717, 1.165) is 22.6 Å². The second-order valence-corrected chi connectivity index (χ2v) is 16.6. The molecule has 0 spiro atoms. The highest BCUT2D eigenvalue weighted by molar-refractivity contribution is 7.89. The highest BCUT2D eigenvalue weighted by Crippen LogP contribution is 2.58. The minimum atomic E-state index is -3.89. The molecule has 0 bridgehead atoms. The van der Waals surface area contributed by atoms with Gasteiger partial charge in [-0.3, -0.25) is 0 Å². The molecular weight excluding hydrogens is 590 g/mol. The summed E-state index contributed by atoms with van der Waals surface area (Å²) < 4.78 is 59.2. The number of aryl methyl sites for hydroxylation is 3. The molecule has 1 N–H and O–H groups in total. The molecule has 5 rings (SSSR count). The van der Waals surface area contributed by atoms with Crippen molar-refractivity contribution in [2.24, 2.45) is 5.10 Å². The van der Waals surface area contributed by atoms with Gasteiger partial charge < -0.3 is 23.4 Å². The van der Waals surface area contributed by atoms with Crippen LogP contribution in [0.3, 0.4) is 0 Å². The van der Waals surface area contributed by atoms with Crippen molar-refractivity contribution in [3.05, 3.63) is 58.7 Å². The zero-order chi connectivity index (χ0) is 33.4. The zero-order valence-electron chi connectivity index (χ0n) is 28.8. The third-order valence-corrected chi connectivity index (χ3v) is 12.2. The summed E-state index contributed by atoms with van der Waals surface area (Å²) >= 11 is 0. The zero-order valence-corrected chi connectivity index (χ0v) is 29.6. The number of nitrogens with one attached hydrogen (secondary N) is 1. The lowest BCUT2D eigenvalue weighted by atomic mass is 9.36. The summed E-state index contributed by atoms with van der Waals surface area (Å²) in [7, 11) is -3.58. The quantitative estimate of drug-likeness (QED) is 0.276. The van der Waals surface area contributed by atoms with Crippen molar-refractivity contribution >= 4 is 30.0 Å². The van der Waals surface area contributed by atoms with Gasteiger partial charge in [0.05, 0.1) is 34.4 Å². The minimum Gasteiger partial charge on any atom is -0.497 e. The number of hydrogen-bond acceptors (Lipinski definition) is 8. The molecule has 3 aliphatic rings. The first-order valence-electron chi connectivity index (χ1n) is 15.7. The van der Waals surface area contributed by atoms with Gasteiger partial charge in [-0.1, -0.05) is 29.8 Å². The molecule has 2 aliphatic heterocycles. The molecule has 0 radical (unpaired) electrons. The van der Waals surface area contributed by atoms with E-state index in [9.17, 15) is 8.42 Å². The van der Waals surface area contributed by atoms with Gasteiger partial charge in [0.2, 0.25) is 0 Å². The molecule has 2 aromatic rings. The van der Waals surface area contributed by atoms with Gasteiger partial charge in [-0.25, -0.2) is 4.83 Å².